The van der Waals surface area contributed by atoms with E-state index in [1.54, 1.807) is 0 Å². The van der Waals surface area contributed by atoms with Crippen LogP contribution in [0, 0.1) is 13.8 Å². The number of anilines is 1. The van der Waals surface area contributed by atoms with Crippen LogP contribution in [0.25, 0.3) is 0 Å². The molecule has 0 saturated heterocycles. The van der Waals surface area contributed by atoms with Gasteiger partial charge < -0.3 is 10.4 Å². The molecule has 0 aromatic heterocycles. The minimum absolute atomic E-state index is 0.0369. The SMILES string of the molecule is CCCN(CCO)CC(=O)Nc1ccc(C)c(C)c1. The van der Waals surface area contributed by atoms with Crippen LogP contribution in [-0.4, -0.2) is 42.2 Å². The summed E-state index contributed by atoms with van der Waals surface area (Å²) in [6, 6.07) is 5.89. The maximum atomic E-state index is 11.9. The summed E-state index contributed by atoms with van der Waals surface area (Å²) in [6.07, 6.45) is 0.969. The molecule has 0 heterocycles. The predicted molar refractivity (Wildman–Crippen MR) is 78.4 cm³/mol. The van der Waals surface area contributed by atoms with Crippen molar-refractivity contribution in [2.75, 3.05) is 31.6 Å². The highest BCUT2D eigenvalue weighted by molar-refractivity contribution is 5.92. The van der Waals surface area contributed by atoms with E-state index in [0.29, 0.717) is 13.1 Å². The quantitative estimate of drug-likeness (QED) is 0.791. The van der Waals surface area contributed by atoms with Crippen LogP contribution in [-0.2, 0) is 4.79 Å². The molecule has 0 fully saturated rings. The second-order valence-electron chi connectivity index (χ2n) is 4.85. The van der Waals surface area contributed by atoms with Crippen LogP contribution in [0.4, 0.5) is 5.69 Å². The third-order valence-electron chi connectivity index (χ3n) is 3.11. The number of rotatable bonds is 7. The predicted octanol–water partition coefficient (Wildman–Crippen LogP) is 1.95. The molecule has 0 atom stereocenters. The highest BCUT2D eigenvalue weighted by atomic mass is 16.3. The molecule has 106 valence electrons. The molecule has 1 aromatic carbocycles. The highest BCUT2D eigenvalue weighted by Crippen LogP contribution is 2.14. The van der Waals surface area contributed by atoms with Crippen molar-refractivity contribution < 1.29 is 9.90 Å². The molecule has 1 aromatic rings. The maximum Gasteiger partial charge on any atom is 0.238 e. The van der Waals surface area contributed by atoms with Crippen LogP contribution in [0.5, 0.6) is 0 Å². The van der Waals surface area contributed by atoms with Crippen molar-refractivity contribution in [3.63, 3.8) is 0 Å². The van der Waals surface area contributed by atoms with Gasteiger partial charge in [-0.3, -0.25) is 9.69 Å². The second-order valence-corrected chi connectivity index (χ2v) is 4.85. The second kappa shape index (κ2) is 7.92. The Bertz CT molecular complexity index is 413. The van der Waals surface area contributed by atoms with Crippen molar-refractivity contribution in [1.29, 1.82) is 0 Å². The van der Waals surface area contributed by atoms with E-state index in [2.05, 4.69) is 12.2 Å². The fourth-order valence-electron chi connectivity index (χ4n) is 1.95. The van der Waals surface area contributed by atoms with Crippen LogP contribution < -0.4 is 5.32 Å². The van der Waals surface area contributed by atoms with Gasteiger partial charge in [-0.1, -0.05) is 13.0 Å². The zero-order valence-corrected chi connectivity index (χ0v) is 12.1. The number of aliphatic hydroxyl groups excluding tert-OH is 1. The molecule has 4 heteroatoms. The molecule has 0 bridgehead atoms. The molecule has 0 unspecified atom stereocenters. The van der Waals surface area contributed by atoms with E-state index in [1.807, 2.05) is 36.9 Å². The minimum Gasteiger partial charge on any atom is -0.395 e. The molecule has 19 heavy (non-hydrogen) atoms. The van der Waals surface area contributed by atoms with Crippen molar-refractivity contribution in [3.8, 4) is 0 Å². The summed E-state index contributed by atoms with van der Waals surface area (Å²) in [4.78, 5) is 13.9. The number of aliphatic hydroxyl groups is 1. The standard InChI is InChI=1S/C15H24N2O2/c1-4-7-17(8-9-18)11-15(19)16-14-6-5-12(2)13(3)10-14/h5-6,10,18H,4,7-9,11H2,1-3H3,(H,16,19). The Hall–Kier alpha value is -1.39. The largest absolute Gasteiger partial charge is 0.395 e. The van der Waals surface area contributed by atoms with Gasteiger partial charge in [0.25, 0.3) is 0 Å². The number of nitrogens with one attached hydrogen (secondary N) is 1. The maximum absolute atomic E-state index is 11.9. The lowest BCUT2D eigenvalue weighted by atomic mass is 10.1. The summed E-state index contributed by atoms with van der Waals surface area (Å²) >= 11 is 0. The van der Waals surface area contributed by atoms with Gasteiger partial charge in [-0.25, -0.2) is 0 Å². The van der Waals surface area contributed by atoms with Gasteiger partial charge in [0.1, 0.15) is 0 Å². The molecule has 0 saturated carbocycles. The fourth-order valence-corrected chi connectivity index (χ4v) is 1.95. The summed E-state index contributed by atoms with van der Waals surface area (Å²) < 4.78 is 0. The molecule has 0 radical (unpaired) electrons. The molecule has 0 spiro atoms. The normalized spacial score (nSPS) is 10.8. The van der Waals surface area contributed by atoms with E-state index in [4.69, 9.17) is 5.11 Å². The van der Waals surface area contributed by atoms with Crippen molar-refractivity contribution in [2.24, 2.45) is 0 Å². The van der Waals surface area contributed by atoms with Crippen LogP contribution in [0.2, 0.25) is 0 Å². The summed E-state index contributed by atoms with van der Waals surface area (Å²) in [5.74, 6) is -0.0369. The molecule has 1 rings (SSSR count). The summed E-state index contributed by atoms with van der Waals surface area (Å²) in [6.45, 7) is 7.89. The van der Waals surface area contributed by atoms with Crippen molar-refractivity contribution in [3.05, 3.63) is 29.3 Å². The van der Waals surface area contributed by atoms with Gasteiger partial charge in [-0.05, 0) is 50.1 Å². The lowest BCUT2D eigenvalue weighted by Gasteiger charge is -2.19. The van der Waals surface area contributed by atoms with Crippen LogP contribution in [0.3, 0.4) is 0 Å². The number of hydrogen-bond donors (Lipinski definition) is 2. The molecule has 0 aliphatic rings. The number of carbonyl (C=O) groups is 1. The van der Waals surface area contributed by atoms with E-state index >= 15 is 0 Å². The first-order chi connectivity index (χ1) is 9.06. The Morgan fingerprint density at radius 3 is 2.58 bits per heavy atom. The lowest BCUT2D eigenvalue weighted by molar-refractivity contribution is -0.117. The van der Waals surface area contributed by atoms with E-state index in [-0.39, 0.29) is 12.5 Å². The Kier molecular flexibility index (Phi) is 6.53. The number of benzene rings is 1. The molecule has 0 aliphatic carbocycles. The highest BCUT2D eigenvalue weighted by Gasteiger charge is 2.09. The Morgan fingerprint density at radius 1 is 1.26 bits per heavy atom. The van der Waals surface area contributed by atoms with Gasteiger partial charge >= 0.3 is 0 Å². The van der Waals surface area contributed by atoms with Crippen LogP contribution in [0.15, 0.2) is 18.2 Å². The molecule has 2 N–H and O–H groups in total. The summed E-state index contributed by atoms with van der Waals surface area (Å²) in [5.41, 5.74) is 3.21. The van der Waals surface area contributed by atoms with Gasteiger partial charge in [0, 0.05) is 12.2 Å². The van der Waals surface area contributed by atoms with Crippen LogP contribution in [0.1, 0.15) is 24.5 Å². The van der Waals surface area contributed by atoms with E-state index in [0.717, 1.165) is 18.7 Å². The number of hydrogen-bond acceptors (Lipinski definition) is 3. The summed E-state index contributed by atoms with van der Waals surface area (Å²) in [7, 11) is 0. The first kappa shape index (κ1) is 15.7. The monoisotopic (exact) mass is 264 g/mol. The van der Waals surface area contributed by atoms with Gasteiger partial charge in [0.2, 0.25) is 5.91 Å². The molecular formula is C15H24N2O2. The Labute approximate surface area is 115 Å². The Morgan fingerprint density at radius 2 is 2.00 bits per heavy atom. The molecule has 1 amide bonds. The van der Waals surface area contributed by atoms with Crippen molar-refractivity contribution >= 4 is 11.6 Å². The molecular weight excluding hydrogens is 240 g/mol. The first-order valence-corrected chi connectivity index (χ1v) is 6.77. The molecule has 4 nitrogen and oxygen atoms in total. The van der Waals surface area contributed by atoms with E-state index < -0.39 is 0 Å². The van der Waals surface area contributed by atoms with E-state index in [9.17, 15) is 4.79 Å². The van der Waals surface area contributed by atoms with Gasteiger partial charge in [0.15, 0.2) is 0 Å². The smallest absolute Gasteiger partial charge is 0.238 e. The first-order valence-electron chi connectivity index (χ1n) is 6.77. The third kappa shape index (κ3) is 5.41. The zero-order valence-electron chi connectivity index (χ0n) is 12.1. The average molecular weight is 264 g/mol. The van der Waals surface area contributed by atoms with E-state index in [1.165, 1.54) is 11.1 Å². The van der Waals surface area contributed by atoms with Crippen molar-refractivity contribution in [1.82, 2.24) is 4.90 Å². The summed E-state index contributed by atoms with van der Waals surface area (Å²) in [5, 5.41) is 11.9. The van der Waals surface area contributed by atoms with Gasteiger partial charge in [0.05, 0.1) is 13.2 Å². The van der Waals surface area contributed by atoms with Crippen LogP contribution >= 0.6 is 0 Å². The third-order valence-corrected chi connectivity index (χ3v) is 3.11. The zero-order chi connectivity index (χ0) is 14.3. The Balaban J connectivity index is 2.55. The fraction of sp³-hybridized carbons (Fsp3) is 0.533. The van der Waals surface area contributed by atoms with Crippen molar-refractivity contribution in [2.45, 2.75) is 27.2 Å². The number of nitrogens with zero attached hydrogens (tertiary/aromatic N) is 1. The van der Waals surface area contributed by atoms with Gasteiger partial charge in [-0.15, -0.1) is 0 Å². The number of aryl methyl sites for hydroxylation is 2. The molecule has 0 aliphatic heterocycles. The van der Waals surface area contributed by atoms with Gasteiger partial charge in [-0.2, -0.15) is 0 Å². The minimum atomic E-state index is -0.0369. The number of amides is 1. The average Bonchev–Trinajstić information content (AvgIpc) is 2.34. The number of carbonyl (C=O) groups excluding carboxylic acids is 1. The lowest BCUT2D eigenvalue weighted by Crippen LogP contribution is -2.35. The topological polar surface area (TPSA) is 52.6 Å².